The summed E-state index contributed by atoms with van der Waals surface area (Å²) in [6.45, 7) is 0.497. The van der Waals surface area contributed by atoms with Gasteiger partial charge in [0.05, 0.1) is 18.8 Å². The average Bonchev–Trinajstić information content (AvgIpc) is 2.84. The first kappa shape index (κ1) is 12.7. The average molecular weight is 274 g/mol. The Hall–Kier alpha value is -1.27. The molecule has 4 rings (SSSR count). The van der Waals surface area contributed by atoms with Gasteiger partial charge in [-0.15, -0.1) is 13.2 Å². The van der Waals surface area contributed by atoms with Crippen LogP contribution in [0.1, 0.15) is 18.4 Å². The molecule has 0 aromatic heterocycles. The molecule has 104 valence electrons. The van der Waals surface area contributed by atoms with Gasteiger partial charge in [-0.3, -0.25) is 0 Å². The van der Waals surface area contributed by atoms with Crippen LogP contribution in [-0.2, 0) is 10.2 Å². The van der Waals surface area contributed by atoms with Crippen LogP contribution in [0.4, 0.5) is 13.2 Å². The number of halogens is 3. The van der Waals surface area contributed by atoms with Crippen LogP contribution in [0, 0.1) is 0 Å². The molecular formula is C13H13F3O3. The number of alkyl halides is 3. The summed E-state index contributed by atoms with van der Waals surface area (Å²) in [4.78, 5) is 0. The number of hydrogen-bond donors (Lipinski definition) is 1. The van der Waals surface area contributed by atoms with Crippen molar-refractivity contribution in [3.05, 3.63) is 29.8 Å². The van der Waals surface area contributed by atoms with E-state index in [0.717, 1.165) is 18.4 Å². The molecular weight excluding hydrogens is 261 g/mol. The lowest BCUT2D eigenvalue weighted by atomic mass is 9.59. The van der Waals surface area contributed by atoms with Gasteiger partial charge in [0.15, 0.2) is 0 Å². The summed E-state index contributed by atoms with van der Waals surface area (Å²) in [6.07, 6.45) is -3.23. The van der Waals surface area contributed by atoms with Crippen molar-refractivity contribution in [2.45, 2.75) is 30.2 Å². The number of hydrogen-bond acceptors (Lipinski definition) is 3. The van der Waals surface area contributed by atoms with E-state index in [1.165, 1.54) is 12.1 Å². The van der Waals surface area contributed by atoms with E-state index in [0.29, 0.717) is 6.61 Å². The Kier molecular flexibility index (Phi) is 2.59. The first-order valence-corrected chi connectivity index (χ1v) is 5.98. The predicted molar refractivity (Wildman–Crippen MR) is 59.8 cm³/mol. The van der Waals surface area contributed by atoms with Gasteiger partial charge in [-0.25, -0.2) is 0 Å². The van der Waals surface area contributed by atoms with Crippen LogP contribution < -0.4 is 4.74 Å². The summed E-state index contributed by atoms with van der Waals surface area (Å²) in [7, 11) is 0. The molecule has 2 saturated heterocycles. The van der Waals surface area contributed by atoms with E-state index in [9.17, 15) is 18.3 Å². The molecule has 2 heterocycles. The Morgan fingerprint density at radius 2 is 1.84 bits per heavy atom. The van der Waals surface area contributed by atoms with Gasteiger partial charge >= 0.3 is 6.36 Å². The van der Waals surface area contributed by atoms with Crippen molar-refractivity contribution in [1.82, 2.24) is 0 Å². The highest BCUT2D eigenvalue weighted by Crippen LogP contribution is 2.58. The predicted octanol–water partition coefficient (Wildman–Crippen LogP) is 2.38. The summed E-state index contributed by atoms with van der Waals surface area (Å²) in [6, 6.07) is 5.90. The topological polar surface area (TPSA) is 38.7 Å². The molecule has 2 aliphatic heterocycles. The number of ether oxygens (including phenoxy) is 2. The normalized spacial score (nSPS) is 33.1. The third-order valence-corrected chi connectivity index (χ3v) is 3.96. The van der Waals surface area contributed by atoms with E-state index < -0.39 is 12.0 Å². The van der Waals surface area contributed by atoms with Crippen LogP contribution in [0.5, 0.6) is 5.75 Å². The van der Waals surface area contributed by atoms with Gasteiger partial charge in [0, 0.05) is 5.41 Å². The highest BCUT2D eigenvalue weighted by atomic mass is 19.4. The Balaban J connectivity index is 1.75. The second-order valence-electron chi connectivity index (χ2n) is 5.34. The second-order valence-corrected chi connectivity index (χ2v) is 5.34. The van der Waals surface area contributed by atoms with Crippen LogP contribution in [0.3, 0.4) is 0 Å². The number of benzene rings is 1. The van der Waals surface area contributed by atoms with Crippen molar-refractivity contribution in [2.24, 2.45) is 0 Å². The monoisotopic (exact) mass is 274 g/mol. The zero-order valence-corrected chi connectivity index (χ0v) is 10.0. The number of rotatable bonds is 3. The molecule has 0 unspecified atom stereocenters. The lowest BCUT2D eigenvalue weighted by Crippen LogP contribution is -2.49. The van der Waals surface area contributed by atoms with Crippen molar-refractivity contribution >= 4 is 0 Å². The fraction of sp³-hybridized carbons (Fsp3) is 0.538. The third-order valence-electron chi connectivity index (χ3n) is 3.96. The van der Waals surface area contributed by atoms with Crippen molar-refractivity contribution < 1.29 is 27.8 Å². The van der Waals surface area contributed by atoms with Crippen LogP contribution in [0.2, 0.25) is 0 Å². The second kappa shape index (κ2) is 3.86. The minimum Gasteiger partial charge on any atom is -0.406 e. The van der Waals surface area contributed by atoms with Crippen LogP contribution in [-0.4, -0.2) is 30.3 Å². The highest BCUT2D eigenvalue weighted by molar-refractivity contribution is 5.38. The minimum atomic E-state index is -4.67. The van der Waals surface area contributed by atoms with Crippen molar-refractivity contribution in [3.63, 3.8) is 0 Å². The largest absolute Gasteiger partial charge is 0.573 e. The molecule has 2 bridgehead atoms. The van der Waals surface area contributed by atoms with Crippen LogP contribution in [0.15, 0.2) is 24.3 Å². The van der Waals surface area contributed by atoms with Gasteiger partial charge in [-0.05, 0) is 30.5 Å². The van der Waals surface area contributed by atoms with Crippen LogP contribution >= 0.6 is 0 Å². The quantitative estimate of drug-likeness (QED) is 0.919. The zero-order chi connectivity index (χ0) is 13.7. The van der Waals surface area contributed by atoms with E-state index >= 15 is 0 Å². The van der Waals surface area contributed by atoms with Gasteiger partial charge in [0.1, 0.15) is 5.75 Å². The maximum atomic E-state index is 12.1. The third kappa shape index (κ3) is 2.08. The zero-order valence-electron chi connectivity index (χ0n) is 10.0. The summed E-state index contributed by atoms with van der Waals surface area (Å²) in [5.74, 6) is -0.223. The Morgan fingerprint density at radius 1 is 1.21 bits per heavy atom. The molecule has 1 saturated carbocycles. The summed E-state index contributed by atoms with van der Waals surface area (Å²) in [5.41, 5.74) is 0.351. The molecule has 1 N–H and O–H groups in total. The fourth-order valence-electron chi connectivity index (χ4n) is 3.13. The van der Waals surface area contributed by atoms with Gasteiger partial charge in [-0.1, -0.05) is 12.1 Å². The summed E-state index contributed by atoms with van der Waals surface area (Å²) >= 11 is 0. The Bertz CT molecular complexity index is 475. The molecule has 0 spiro atoms. The fourth-order valence-corrected chi connectivity index (χ4v) is 3.13. The first-order valence-electron chi connectivity index (χ1n) is 5.98. The molecule has 1 aromatic rings. The maximum absolute atomic E-state index is 12.1. The summed E-state index contributed by atoms with van der Waals surface area (Å²) in [5, 5.41) is 9.23. The molecule has 1 aromatic carbocycles. The molecule has 0 amide bonds. The van der Waals surface area contributed by atoms with E-state index in [4.69, 9.17) is 4.74 Å². The van der Waals surface area contributed by atoms with Crippen LogP contribution in [0.25, 0.3) is 0 Å². The van der Waals surface area contributed by atoms with Gasteiger partial charge in [0.2, 0.25) is 0 Å². The molecule has 3 nitrogen and oxygen atoms in total. The van der Waals surface area contributed by atoms with E-state index in [-0.39, 0.29) is 17.8 Å². The Morgan fingerprint density at radius 3 is 2.32 bits per heavy atom. The lowest BCUT2D eigenvalue weighted by molar-refractivity contribution is -0.274. The molecule has 3 fully saturated rings. The van der Waals surface area contributed by atoms with Gasteiger partial charge < -0.3 is 14.6 Å². The Labute approximate surface area is 107 Å². The lowest BCUT2D eigenvalue weighted by Gasteiger charge is -2.43. The maximum Gasteiger partial charge on any atom is 0.573 e. The molecule has 0 radical (unpaired) electrons. The molecule has 3 aliphatic rings. The standard InChI is InChI=1S/C13H13F3O3/c14-13(15,16)19-10-3-1-9(2-4-10)11-5-12(6-11,7-17)18-8-11/h1-4,17H,5-8H2. The highest BCUT2D eigenvalue weighted by Gasteiger charge is 2.62. The number of aliphatic hydroxyl groups is 1. The number of fused-ring (bicyclic) bond motifs is 1. The van der Waals surface area contributed by atoms with Crippen molar-refractivity contribution in [1.29, 1.82) is 0 Å². The molecule has 6 heteroatoms. The SMILES string of the molecule is OCC12CC(c3ccc(OC(F)(F)F)cc3)(CO1)C2. The molecule has 1 aliphatic carbocycles. The van der Waals surface area contributed by atoms with Gasteiger partial charge in [-0.2, -0.15) is 0 Å². The van der Waals surface area contributed by atoms with E-state index in [2.05, 4.69) is 4.74 Å². The van der Waals surface area contributed by atoms with Crippen molar-refractivity contribution in [2.75, 3.05) is 13.2 Å². The minimum absolute atomic E-state index is 0.00990. The molecule has 19 heavy (non-hydrogen) atoms. The van der Waals surface area contributed by atoms with Crippen molar-refractivity contribution in [3.8, 4) is 5.75 Å². The smallest absolute Gasteiger partial charge is 0.406 e. The first-order chi connectivity index (χ1) is 8.87. The van der Waals surface area contributed by atoms with E-state index in [1.807, 2.05) is 0 Å². The van der Waals surface area contributed by atoms with Gasteiger partial charge in [0.25, 0.3) is 0 Å². The van der Waals surface area contributed by atoms with E-state index in [1.54, 1.807) is 12.1 Å². The number of aliphatic hydroxyl groups excluding tert-OH is 1. The summed E-state index contributed by atoms with van der Waals surface area (Å²) < 4.78 is 45.6. The molecule has 0 atom stereocenters.